The number of non-ortho nitro benzene ring substituents is 1. The lowest BCUT2D eigenvalue weighted by molar-refractivity contribution is -0.384. The summed E-state index contributed by atoms with van der Waals surface area (Å²) in [5.41, 5.74) is 1.66. The van der Waals surface area contributed by atoms with Crippen molar-refractivity contribution in [3.63, 3.8) is 0 Å². The molecule has 168 valence electrons. The second-order valence-electron chi connectivity index (χ2n) is 7.29. The van der Waals surface area contributed by atoms with Crippen molar-refractivity contribution in [2.24, 2.45) is 0 Å². The van der Waals surface area contributed by atoms with Crippen molar-refractivity contribution in [1.29, 1.82) is 0 Å². The summed E-state index contributed by atoms with van der Waals surface area (Å²) in [6, 6.07) is 15.1. The van der Waals surface area contributed by atoms with Crippen LogP contribution >= 0.6 is 0 Å². The van der Waals surface area contributed by atoms with Gasteiger partial charge in [0.05, 0.1) is 17.2 Å². The molecule has 0 fully saturated rings. The van der Waals surface area contributed by atoms with Gasteiger partial charge in [-0.1, -0.05) is 24.3 Å². The number of anilines is 1. The zero-order valence-corrected chi connectivity index (χ0v) is 17.4. The number of amides is 1. The smallest absolute Gasteiger partial charge is 0.275 e. The molecule has 0 spiro atoms. The van der Waals surface area contributed by atoms with Crippen molar-refractivity contribution >= 4 is 23.2 Å². The number of rotatable bonds is 6. The molecule has 2 aromatic carbocycles. The molecule has 0 saturated carbocycles. The molecule has 5 rings (SSSR count). The number of aromatic nitrogens is 6. The van der Waals surface area contributed by atoms with Gasteiger partial charge < -0.3 is 5.32 Å². The van der Waals surface area contributed by atoms with Crippen molar-refractivity contribution in [3.05, 3.63) is 100 Å². The molecule has 0 bridgehead atoms. The maximum atomic E-state index is 13.1. The van der Waals surface area contributed by atoms with Crippen molar-refractivity contribution < 1.29 is 14.1 Å². The number of halogens is 1. The summed E-state index contributed by atoms with van der Waals surface area (Å²) >= 11 is 0. The number of nitro benzene ring substituents is 1. The maximum absolute atomic E-state index is 13.1. The molecule has 0 aliphatic rings. The molecule has 5 aromatic rings. The molecule has 0 aliphatic carbocycles. The van der Waals surface area contributed by atoms with Gasteiger partial charge in [0.1, 0.15) is 17.8 Å². The normalized spacial score (nSPS) is 11.0. The Morgan fingerprint density at radius 2 is 1.94 bits per heavy atom. The Balaban J connectivity index is 1.42. The zero-order valence-electron chi connectivity index (χ0n) is 17.4. The number of carbonyl (C=O) groups is 1. The lowest BCUT2D eigenvalue weighted by atomic mass is 10.1. The molecule has 0 aliphatic heterocycles. The first-order valence-electron chi connectivity index (χ1n) is 10.0. The van der Waals surface area contributed by atoms with Crippen LogP contribution in [0.2, 0.25) is 0 Å². The predicted molar refractivity (Wildman–Crippen MR) is 119 cm³/mol. The van der Waals surface area contributed by atoms with E-state index in [0.717, 1.165) is 5.56 Å². The van der Waals surface area contributed by atoms with E-state index in [9.17, 15) is 19.3 Å². The summed E-state index contributed by atoms with van der Waals surface area (Å²) in [7, 11) is 0. The van der Waals surface area contributed by atoms with Crippen LogP contribution in [0.25, 0.3) is 17.0 Å². The molecule has 1 N–H and O–H groups in total. The summed E-state index contributed by atoms with van der Waals surface area (Å²) in [5.74, 6) is -0.375. The van der Waals surface area contributed by atoms with Crippen molar-refractivity contribution in [3.8, 4) is 11.3 Å². The lowest BCUT2D eigenvalue weighted by Crippen LogP contribution is -2.18. The Bertz CT molecular complexity index is 1530. The van der Waals surface area contributed by atoms with Gasteiger partial charge in [-0.25, -0.2) is 9.37 Å². The van der Waals surface area contributed by atoms with Crippen LogP contribution in [0.5, 0.6) is 0 Å². The SMILES string of the molecule is O=C(Nc1ccn(Cc2ccc(F)cc2)n1)c1cc(-c2cccc([N+](=O)[O-])c2)nc2ncnn12. The first-order chi connectivity index (χ1) is 16.5. The zero-order chi connectivity index (χ0) is 23.7. The van der Waals surface area contributed by atoms with Gasteiger partial charge in [0, 0.05) is 30.0 Å². The minimum atomic E-state index is -0.517. The van der Waals surface area contributed by atoms with E-state index in [2.05, 4.69) is 25.5 Å². The molecule has 3 aromatic heterocycles. The number of nitro groups is 1. The molecular formula is C22H15FN8O3. The molecule has 0 unspecified atom stereocenters. The van der Waals surface area contributed by atoms with E-state index < -0.39 is 10.8 Å². The Kier molecular flexibility index (Phi) is 5.22. The van der Waals surface area contributed by atoms with E-state index in [1.807, 2.05) is 0 Å². The van der Waals surface area contributed by atoms with E-state index in [-0.39, 0.29) is 23.0 Å². The van der Waals surface area contributed by atoms with Crippen molar-refractivity contribution in [1.82, 2.24) is 29.4 Å². The minimum absolute atomic E-state index is 0.0988. The first kappa shape index (κ1) is 20.9. The van der Waals surface area contributed by atoms with Crippen LogP contribution in [0.15, 0.2) is 73.2 Å². The van der Waals surface area contributed by atoms with E-state index in [1.54, 1.807) is 35.1 Å². The minimum Gasteiger partial charge on any atom is -0.304 e. The lowest BCUT2D eigenvalue weighted by Gasteiger charge is -2.07. The van der Waals surface area contributed by atoms with Crippen LogP contribution in [0, 0.1) is 15.9 Å². The van der Waals surface area contributed by atoms with E-state index in [1.165, 1.54) is 47.2 Å². The molecule has 0 radical (unpaired) electrons. The Hall–Kier alpha value is -5.00. The molecule has 34 heavy (non-hydrogen) atoms. The second-order valence-corrected chi connectivity index (χ2v) is 7.29. The predicted octanol–water partition coefficient (Wildman–Crippen LogP) is 3.34. The van der Waals surface area contributed by atoms with Crippen LogP contribution in [0.4, 0.5) is 15.9 Å². The quantitative estimate of drug-likeness (QED) is 0.305. The van der Waals surface area contributed by atoms with Crippen LogP contribution in [0.1, 0.15) is 16.1 Å². The average molecular weight is 458 g/mol. The molecule has 3 heterocycles. The fourth-order valence-electron chi connectivity index (χ4n) is 3.37. The van der Waals surface area contributed by atoms with Gasteiger partial charge in [0.15, 0.2) is 5.82 Å². The topological polar surface area (TPSA) is 133 Å². The Labute approximate surface area is 190 Å². The van der Waals surface area contributed by atoms with Crippen LogP contribution in [0.3, 0.4) is 0 Å². The van der Waals surface area contributed by atoms with Crippen molar-refractivity contribution in [2.45, 2.75) is 6.54 Å². The third kappa shape index (κ3) is 4.19. The average Bonchev–Trinajstić information content (AvgIpc) is 3.49. The fraction of sp³-hybridized carbons (Fsp3) is 0.0455. The van der Waals surface area contributed by atoms with Gasteiger partial charge in [0.2, 0.25) is 0 Å². The summed E-state index contributed by atoms with van der Waals surface area (Å²) < 4.78 is 16.0. The number of nitrogens with one attached hydrogen (secondary N) is 1. The number of benzene rings is 2. The van der Waals surface area contributed by atoms with Crippen molar-refractivity contribution in [2.75, 3.05) is 5.32 Å². The largest absolute Gasteiger partial charge is 0.304 e. The number of carbonyl (C=O) groups excluding carboxylic acids is 1. The van der Waals surface area contributed by atoms with Gasteiger partial charge >= 0.3 is 0 Å². The summed E-state index contributed by atoms with van der Waals surface area (Å²) in [5, 5.41) is 22.2. The van der Waals surface area contributed by atoms with Crippen LogP contribution in [-0.4, -0.2) is 40.2 Å². The first-order valence-corrected chi connectivity index (χ1v) is 10.0. The molecule has 12 heteroatoms. The number of hydrogen-bond acceptors (Lipinski definition) is 7. The van der Waals surface area contributed by atoms with Gasteiger partial charge in [0.25, 0.3) is 17.4 Å². The highest BCUT2D eigenvalue weighted by Crippen LogP contribution is 2.24. The third-order valence-corrected chi connectivity index (χ3v) is 4.98. The summed E-state index contributed by atoms with van der Waals surface area (Å²) in [4.78, 5) is 32.1. The Morgan fingerprint density at radius 1 is 1.12 bits per heavy atom. The van der Waals surface area contributed by atoms with Gasteiger partial charge in [-0.3, -0.25) is 19.6 Å². The fourth-order valence-corrected chi connectivity index (χ4v) is 3.37. The highest BCUT2D eigenvalue weighted by molar-refractivity contribution is 6.03. The summed E-state index contributed by atoms with van der Waals surface area (Å²) in [6.07, 6.45) is 2.94. The van der Waals surface area contributed by atoms with E-state index in [0.29, 0.717) is 23.6 Å². The number of hydrogen-bond donors (Lipinski definition) is 1. The monoisotopic (exact) mass is 458 g/mol. The standard InChI is InChI=1S/C22H15FN8O3/c23-16-6-4-14(5-7-16)12-29-9-8-20(28-29)27-21(32)19-11-18(26-22-24-13-25-30(19)22)15-2-1-3-17(10-15)31(33)34/h1-11,13H,12H2,(H,27,28,32). The molecule has 11 nitrogen and oxygen atoms in total. The number of fused-ring (bicyclic) bond motifs is 1. The summed E-state index contributed by atoms with van der Waals surface area (Å²) in [6.45, 7) is 0.398. The highest BCUT2D eigenvalue weighted by atomic mass is 19.1. The van der Waals surface area contributed by atoms with Gasteiger partial charge in [-0.2, -0.15) is 19.7 Å². The number of nitrogens with zero attached hydrogens (tertiary/aromatic N) is 7. The third-order valence-electron chi connectivity index (χ3n) is 4.98. The molecular weight excluding hydrogens is 443 g/mol. The van der Waals surface area contributed by atoms with Crippen LogP contribution < -0.4 is 5.32 Å². The van der Waals surface area contributed by atoms with Gasteiger partial charge in [-0.15, -0.1) is 0 Å². The van der Waals surface area contributed by atoms with E-state index in [4.69, 9.17) is 0 Å². The highest BCUT2D eigenvalue weighted by Gasteiger charge is 2.18. The maximum Gasteiger partial charge on any atom is 0.275 e. The Morgan fingerprint density at radius 3 is 2.74 bits per heavy atom. The molecule has 1 amide bonds. The second kappa shape index (κ2) is 8.50. The van der Waals surface area contributed by atoms with E-state index >= 15 is 0 Å². The van der Waals surface area contributed by atoms with Gasteiger partial charge in [-0.05, 0) is 23.8 Å². The molecule has 0 atom stereocenters. The molecule has 0 saturated heterocycles. The van der Waals surface area contributed by atoms with Crippen LogP contribution in [-0.2, 0) is 6.54 Å².